The molecule has 22 heavy (non-hydrogen) atoms. The Balaban J connectivity index is 0.000000545. The quantitative estimate of drug-likeness (QED) is 0.403. The molecule has 4 heteroatoms. The summed E-state index contributed by atoms with van der Waals surface area (Å²) < 4.78 is 4.59. The summed E-state index contributed by atoms with van der Waals surface area (Å²) in [5.41, 5.74) is 0. The Labute approximate surface area is 137 Å². The van der Waals surface area contributed by atoms with Crippen LogP contribution in [0.3, 0.4) is 0 Å². The molecule has 111 valence electrons. The third-order valence-corrected chi connectivity index (χ3v) is 11.0. The van der Waals surface area contributed by atoms with E-state index in [1.807, 2.05) is 0 Å². The molecule has 0 aliphatic rings. The Morgan fingerprint density at radius 3 is 0.955 bits per heavy atom. The molecule has 0 aromatic heterocycles. The number of hydrogen-bond donors (Lipinski definition) is 2. The fourth-order valence-electron chi connectivity index (χ4n) is 2.31. The van der Waals surface area contributed by atoms with Crippen molar-refractivity contribution in [1.29, 1.82) is 0 Å². The van der Waals surface area contributed by atoms with Crippen LogP contribution in [-0.2, 0) is 5.04 Å². The maximum atomic E-state index is 6.62. The van der Waals surface area contributed by atoms with Crippen LogP contribution in [0.2, 0.25) is 0 Å². The van der Waals surface area contributed by atoms with E-state index in [4.69, 9.17) is 10.5 Å². The van der Waals surface area contributed by atoms with Crippen LogP contribution in [0.1, 0.15) is 0 Å². The van der Waals surface area contributed by atoms with Gasteiger partial charge >= 0.3 is 121 Å². The predicted octanol–water partition coefficient (Wildman–Crippen LogP) is 2.15. The molecule has 3 nitrogen and oxygen atoms in total. The van der Waals surface area contributed by atoms with Gasteiger partial charge in [-0.3, -0.25) is 0 Å². The van der Waals surface area contributed by atoms with Crippen LogP contribution in [0, 0.1) is 0 Å². The number of hydrogen-bond acceptors (Lipinski definition) is 3. The van der Waals surface area contributed by atoms with Gasteiger partial charge in [0.25, 0.3) is 0 Å². The monoisotopic (exact) mass is 401 g/mol. The second-order valence-electron chi connectivity index (χ2n) is 4.55. The molecule has 0 amide bonds. The molecule has 0 saturated carbocycles. The first-order valence-electron chi connectivity index (χ1n) is 6.85. The first-order chi connectivity index (χ1) is 10.9. The Hall–Kier alpha value is -1.66. The zero-order chi connectivity index (χ0) is 15.6. The van der Waals surface area contributed by atoms with Crippen LogP contribution in [0.15, 0.2) is 91.0 Å². The van der Waals surface area contributed by atoms with Gasteiger partial charge in [0.15, 0.2) is 0 Å². The van der Waals surface area contributed by atoms with E-state index in [2.05, 4.69) is 96.0 Å². The van der Waals surface area contributed by atoms with Crippen molar-refractivity contribution in [3.8, 4) is 0 Å². The van der Waals surface area contributed by atoms with Crippen LogP contribution in [-0.4, -0.2) is 30.3 Å². The molecule has 0 unspecified atom stereocenters. The summed E-state index contributed by atoms with van der Waals surface area (Å²) in [5, 5.41) is 15.5. The standard InChI is InChI=1S/3C6H5.H2O3.Sn/c3*1-2-4-6-5-3-1;1-3-2;/h3*1-5H;1-2H;. The van der Waals surface area contributed by atoms with E-state index in [1.54, 1.807) is 0 Å². The third kappa shape index (κ3) is 4.68. The summed E-state index contributed by atoms with van der Waals surface area (Å²) in [4.78, 5) is 0. The van der Waals surface area contributed by atoms with Crippen LogP contribution in [0.25, 0.3) is 0 Å². The van der Waals surface area contributed by atoms with Gasteiger partial charge in [0.2, 0.25) is 0 Å². The van der Waals surface area contributed by atoms with Gasteiger partial charge in [0.1, 0.15) is 0 Å². The minimum absolute atomic E-state index is 1.53. The fourth-order valence-corrected chi connectivity index (χ4v) is 9.67. The van der Waals surface area contributed by atoms with Gasteiger partial charge < -0.3 is 0 Å². The van der Waals surface area contributed by atoms with E-state index in [0.29, 0.717) is 0 Å². The third-order valence-electron chi connectivity index (χ3n) is 3.19. The molecule has 0 aliphatic carbocycles. The Morgan fingerprint density at radius 2 is 0.727 bits per heavy atom. The molecule has 0 atom stereocenters. The van der Waals surface area contributed by atoms with Crippen molar-refractivity contribution in [3.05, 3.63) is 91.0 Å². The van der Waals surface area contributed by atoms with Gasteiger partial charge in [0.05, 0.1) is 0 Å². The van der Waals surface area contributed by atoms with Crippen LogP contribution in [0.4, 0.5) is 0 Å². The molecule has 0 spiro atoms. The van der Waals surface area contributed by atoms with E-state index >= 15 is 0 Å². The van der Waals surface area contributed by atoms with Crippen molar-refractivity contribution in [3.63, 3.8) is 0 Å². The van der Waals surface area contributed by atoms with Crippen molar-refractivity contribution in [1.82, 2.24) is 0 Å². The summed E-state index contributed by atoms with van der Waals surface area (Å²) in [6, 6.07) is 32.9. The van der Waals surface area contributed by atoms with Crippen molar-refractivity contribution in [2.75, 3.05) is 0 Å². The summed E-state index contributed by atoms with van der Waals surface area (Å²) in [7, 11) is 0. The van der Waals surface area contributed by atoms with Crippen LogP contribution < -0.4 is 10.7 Å². The van der Waals surface area contributed by atoms with E-state index in [-0.39, 0.29) is 0 Å². The van der Waals surface area contributed by atoms with Gasteiger partial charge in [-0.25, -0.2) is 10.5 Å². The number of benzene rings is 3. The van der Waals surface area contributed by atoms with E-state index in [9.17, 15) is 0 Å². The average molecular weight is 400 g/mol. The summed E-state index contributed by atoms with van der Waals surface area (Å²) in [6.07, 6.45) is 0. The van der Waals surface area contributed by atoms with Crippen molar-refractivity contribution in [2.45, 2.75) is 0 Å². The second kappa shape index (κ2) is 9.38. The van der Waals surface area contributed by atoms with Gasteiger partial charge in [-0.15, -0.1) is 0 Å². The predicted molar refractivity (Wildman–Crippen MR) is 90.3 cm³/mol. The molecule has 3 aromatic rings. The van der Waals surface area contributed by atoms with Gasteiger partial charge in [0, 0.05) is 0 Å². The molecule has 2 N–H and O–H groups in total. The molecule has 3 aromatic carbocycles. The molecule has 0 heterocycles. The second-order valence-corrected chi connectivity index (χ2v) is 11.6. The van der Waals surface area contributed by atoms with Crippen molar-refractivity contribution >= 4 is 30.5 Å². The average Bonchev–Trinajstić information content (AvgIpc) is 2.59. The fraction of sp³-hybridized carbons (Fsp3) is 0. The van der Waals surface area contributed by atoms with E-state index < -0.39 is 19.8 Å². The van der Waals surface area contributed by atoms with Crippen molar-refractivity contribution in [2.24, 2.45) is 0 Å². The topological polar surface area (TPSA) is 49.7 Å². The molecular weight excluding hydrogens is 383 g/mol. The summed E-state index contributed by atoms with van der Waals surface area (Å²) in [5.74, 6) is 0. The molecular formula is C18H17O3Sn. The molecule has 0 aliphatic heterocycles. The Kier molecular flexibility index (Phi) is 7.12. The first kappa shape index (κ1) is 16.7. The molecule has 1 radical (unpaired) electrons. The van der Waals surface area contributed by atoms with E-state index in [0.717, 1.165) is 0 Å². The SMILES string of the molecule is OOO.c1cc[c]([Sn]([c]2ccccc2)[c]2ccccc2)cc1. The molecule has 0 bridgehead atoms. The maximum absolute atomic E-state index is 6.62. The van der Waals surface area contributed by atoms with Gasteiger partial charge in [-0.05, 0) is 0 Å². The Bertz CT molecular complexity index is 551. The van der Waals surface area contributed by atoms with Gasteiger partial charge in [-0.1, -0.05) is 5.04 Å². The zero-order valence-electron chi connectivity index (χ0n) is 12.0. The van der Waals surface area contributed by atoms with Crippen molar-refractivity contribution < 1.29 is 15.6 Å². The normalized spacial score (nSPS) is 9.95. The summed E-state index contributed by atoms with van der Waals surface area (Å²) >= 11 is -1.98. The van der Waals surface area contributed by atoms with E-state index in [1.165, 1.54) is 10.7 Å². The molecule has 0 saturated heterocycles. The zero-order valence-corrected chi connectivity index (χ0v) is 14.8. The van der Waals surface area contributed by atoms with Crippen LogP contribution in [0.5, 0.6) is 0 Å². The minimum atomic E-state index is -1.98. The summed E-state index contributed by atoms with van der Waals surface area (Å²) in [6.45, 7) is 0. The Morgan fingerprint density at radius 1 is 0.500 bits per heavy atom. The molecule has 0 fully saturated rings. The van der Waals surface area contributed by atoms with Gasteiger partial charge in [-0.2, -0.15) is 0 Å². The van der Waals surface area contributed by atoms with Crippen LogP contribution >= 0.6 is 0 Å². The molecule has 3 rings (SSSR count). The first-order valence-corrected chi connectivity index (χ1v) is 11.1. The number of rotatable bonds is 3.